The van der Waals surface area contributed by atoms with Crippen molar-refractivity contribution in [2.45, 2.75) is 26.2 Å². The standard InChI is InChI=1S/C18H16N2O6/c1-8-5-10-15(20-8)14(17(19)22)12(26-18(10)23)6-9-7-13(21)25-11-3-2-4-24-16(9)11/h5,7,20H,2-4,6H2,1H3,(H2,19,22). The van der Waals surface area contributed by atoms with Crippen molar-refractivity contribution < 1.29 is 18.4 Å². The Hall–Kier alpha value is -3.29. The summed E-state index contributed by atoms with van der Waals surface area (Å²) in [7, 11) is 0. The summed E-state index contributed by atoms with van der Waals surface area (Å²) in [6, 6.07) is 2.87. The zero-order valence-electron chi connectivity index (χ0n) is 14.0. The normalized spacial score (nSPS) is 13.4. The molecule has 134 valence electrons. The van der Waals surface area contributed by atoms with E-state index < -0.39 is 17.2 Å². The minimum absolute atomic E-state index is 0.00938. The van der Waals surface area contributed by atoms with Crippen LogP contribution >= 0.6 is 0 Å². The van der Waals surface area contributed by atoms with Crippen molar-refractivity contribution in [3.63, 3.8) is 0 Å². The minimum Gasteiger partial charge on any atom is -0.490 e. The summed E-state index contributed by atoms with van der Waals surface area (Å²) in [6.07, 6.45) is 1.34. The van der Waals surface area contributed by atoms with E-state index in [4.69, 9.17) is 19.3 Å². The Morgan fingerprint density at radius 3 is 2.85 bits per heavy atom. The molecule has 0 saturated carbocycles. The van der Waals surface area contributed by atoms with E-state index in [0.717, 1.165) is 6.42 Å². The number of aromatic amines is 1. The van der Waals surface area contributed by atoms with E-state index in [9.17, 15) is 14.4 Å². The topological polar surface area (TPSA) is 129 Å². The molecule has 0 unspecified atom stereocenters. The Labute approximate surface area is 146 Å². The predicted molar refractivity (Wildman–Crippen MR) is 91.7 cm³/mol. The van der Waals surface area contributed by atoms with Crippen LogP contribution in [0.4, 0.5) is 0 Å². The number of hydrogen-bond acceptors (Lipinski definition) is 6. The number of primary amides is 1. The monoisotopic (exact) mass is 356 g/mol. The number of hydrogen-bond donors (Lipinski definition) is 2. The number of amides is 1. The molecule has 1 aliphatic rings. The predicted octanol–water partition coefficient (Wildman–Crippen LogP) is 1.40. The zero-order valence-corrected chi connectivity index (χ0v) is 14.0. The molecule has 1 amide bonds. The van der Waals surface area contributed by atoms with Crippen LogP contribution in [0, 0.1) is 6.92 Å². The van der Waals surface area contributed by atoms with Crippen LogP contribution in [0.2, 0.25) is 0 Å². The average molecular weight is 356 g/mol. The molecule has 3 aromatic rings. The summed E-state index contributed by atoms with van der Waals surface area (Å²) in [5.74, 6) is 0.266. The quantitative estimate of drug-likeness (QED) is 0.730. The van der Waals surface area contributed by atoms with Crippen molar-refractivity contribution in [3.05, 3.63) is 61.3 Å². The van der Waals surface area contributed by atoms with Gasteiger partial charge in [0.1, 0.15) is 11.3 Å². The molecule has 0 aliphatic carbocycles. The van der Waals surface area contributed by atoms with Gasteiger partial charge in [-0.05, 0) is 19.4 Å². The van der Waals surface area contributed by atoms with Gasteiger partial charge in [-0.15, -0.1) is 0 Å². The lowest BCUT2D eigenvalue weighted by molar-refractivity contribution is 0.0998. The SMILES string of the molecule is Cc1cc2c(=O)oc(Cc3cc(=O)oc4c3OCCC4)c(C(N)=O)c2[nH]1. The van der Waals surface area contributed by atoms with Gasteiger partial charge in [-0.3, -0.25) is 4.79 Å². The van der Waals surface area contributed by atoms with Crippen molar-refractivity contribution in [1.82, 2.24) is 4.98 Å². The highest BCUT2D eigenvalue weighted by atomic mass is 16.5. The summed E-state index contributed by atoms with van der Waals surface area (Å²) < 4.78 is 16.2. The van der Waals surface area contributed by atoms with Crippen LogP contribution in [-0.4, -0.2) is 17.5 Å². The highest BCUT2D eigenvalue weighted by Crippen LogP contribution is 2.30. The summed E-state index contributed by atoms with van der Waals surface area (Å²) in [5, 5.41) is 0.255. The van der Waals surface area contributed by atoms with Gasteiger partial charge >= 0.3 is 11.3 Å². The van der Waals surface area contributed by atoms with Gasteiger partial charge in [0.2, 0.25) is 0 Å². The van der Waals surface area contributed by atoms with E-state index in [1.807, 2.05) is 0 Å². The molecule has 8 heteroatoms. The van der Waals surface area contributed by atoms with Gasteiger partial charge < -0.3 is 24.3 Å². The molecule has 3 N–H and O–H groups in total. The molecule has 0 atom stereocenters. The molecule has 0 fully saturated rings. The summed E-state index contributed by atoms with van der Waals surface area (Å²) >= 11 is 0. The van der Waals surface area contributed by atoms with Gasteiger partial charge in [-0.25, -0.2) is 9.59 Å². The number of carbonyl (C=O) groups is 1. The van der Waals surface area contributed by atoms with Crippen LogP contribution in [-0.2, 0) is 12.8 Å². The largest absolute Gasteiger partial charge is 0.490 e. The second kappa shape index (κ2) is 5.91. The smallest absolute Gasteiger partial charge is 0.345 e. The number of fused-ring (bicyclic) bond motifs is 2. The molecule has 0 radical (unpaired) electrons. The third kappa shape index (κ3) is 2.59. The molecule has 0 spiro atoms. The fourth-order valence-corrected chi connectivity index (χ4v) is 3.32. The first-order chi connectivity index (χ1) is 12.4. The number of aromatic nitrogens is 1. The van der Waals surface area contributed by atoms with Gasteiger partial charge in [-0.2, -0.15) is 0 Å². The van der Waals surface area contributed by atoms with E-state index >= 15 is 0 Å². The molecule has 0 saturated heterocycles. The molecule has 0 aromatic carbocycles. The average Bonchev–Trinajstić information content (AvgIpc) is 2.96. The lowest BCUT2D eigenvalue weighted by Gasteiger charge is -2.18. The van der Waals surface area contributed by atoms with Gasteiger partial charge in [0, 0.05) is 30.2 Å². The number of aryl methyl sites for hydroxylation is 2. The highest BCUT2D eigenvalue weighted by molar-refractivity contribution is 6.05. The Bertz CT molecular complexity index is 1150. The van der Waals surface area contributed by atoms with E-state index in [-0.39, 0.29) is 23.1 Å². The number of nitrogens with two attached hydrogens (primary N) is 1. The first-order valence-electron chi connectivity index (χ1n) is 8.18. The number of nitrogens with one attached hydrogen (secondary N) is 1. The van der Waals surface area contributed by atoms with Crippen molar-refractivity contribution in [2.75, 3.05) is 6.61 Å². The Balaban J connectivity index is 1.92. The minimum atomic E-state index is -0.728. The van der Waals surface area contributed by atoms with Crippen LogP contribution in [0.1, 0.15) is 39.6 Å². The molecule has 1 aliphatic heterocycles. The number of H-pyrrole nitrogens is 1. The number of ether oxygens (including phenoxy) is 1. The van der Waals surface area contributed by atoms with Crippen molar-refractivity contribution in [3.8, 4) is 5.75 Å². The summed E-state index contributed by atoms with van der Waals surface area (Å²) in [6.45, 7) is 2.26. The van der Waals surface area contributed by atoms with E-state index in [1.165, 1.54) is 6.07 Å². The second-order valence-electron chi connectivity index (χ2n) is 6.26. The van der Waals surface area contributed by atoms with Crippen LogP contribution in [0.5, 0.6) is 5.75 Å². The van der Waals surface area contributed by atoms with Crippen molar-refractivity contribution in [2.24, 2.45) is 5.73 Å². The fourth-order valence-electron chi connectivity index (χ4n) is 3.32. The lowest BCUT2D eigenvalue weighted by atomic mass is 10.0. The molecular formula is C18H16N2O6. The summed E-state index contributed by atoms with van der Waals surface area (Å²) in [5.41, 5.74) is 6.04. The van der Waals surface area contributed by atoms with Crippen LogP contribution in [0.25, 0.3) is 10.9 Å². The van der Waals surface area contributed by atoms with E-state index in [0.29, 0.717) is 41.3 Å². The van der Waals surface area contributed by atoms with Crippen molar-refractivity contribution in [1.29, 1.82) is 0 Å². The molecular weight excluding hydrogens is 340 g/mol. The molecule has 4 heterocycles. The third-order valence-corrected chi connectivity index (χ3v) is 4.37. The maximum Gasteiger partial charge on any atom is 0.345 e. The highest BCUT2D eigenvalue weighted by Gasteiger charge is 2.24. The third-order valence-electron chi connectivity index (χ3n) is 4.37. The van der Waals surface area contributed by atoms with Gasteiger partial charge in [0.05, 0.1) is 17.5 Å². The van der Waals surface area contributed by atoms with Crippen molar-refractivity contribution >= 4 is 16.8 Å². The molecule has 3 aromatic heterocycles. The fraction of sp³-hybridized carbons (Fsp3) is 0.278. The maximum absolute atomic E-state index is 12.3. The van der Waals surface area contributed by atoms with Gasteiger partial charge in [0.15, 0.2) is 11.5 Å². The van der Waals surface area contributed by atoms with Gasteiger partial charge in [0.25, 0.3) is 5.91 Å². The Morgan fingerprint density at radius 2 is 2.08 bits per heavy atom. The molecule has 0 bridgehead atoms. The first kappa shape index (κ1) is 16.2. The Morgan fingerprint density at radius 1 is 1.27 bits per heavy atom. The van der Waals surface area contributed by atoms with Crippen LogP contribution < -0.4 is 21.7 Å². The zero-order chi connectivity index (χ0) is 18.4. The van der Waals surface area contributed by atoms with Crippen LogP contribution in [0.3, 0.4) is 0 Å². The number of carbonyl (C=O) groups excluding carboxylic acids is 1. The Kier molecular flexibility index (Phi) is 3.68. The maximum atomic E-state index is 12.3. The molecule has 4 rings (SSSR count). The summed E-state index contributed by atoms with van der Waals surface area (Å²) in [4.78, 5) is 39.1. The van der Waals surface area contributed by atoms with Crippen LogP contribution in [0.15, 0.2) is 30.6 Å². The lowest BCUT2D eigenvalue weighted by Crippen LogP contribution is -2.19. The van der Waals surface area contributed by atoms with E-state index in [1.54, 1.807) is 13.0 Å². The van der Waals surface area contributed by atoms with E-state index in [2.05, 4.69) is 4.98 Å². The first-order valence-corrected chi connectivity index (χ1v) is 8.18. The molecule has 26 heavy (non-hydrogen) atoms. The number of rotatable bonds is 3. The molecule has 8 nitrogen and oxygen atoms in total. The second-order valence-corrected chi connectivity index (χ2v) is 6.26. The van der Waals surface area contributed by atoms with Gasteiger partial charge in [-0.1, -0.05) is 0 Å².